The van der Waals surface area contributed by atoms with E-state index in [0.29, 0.717) is 11.4 Å². The van der Waals surface area contributed by atoms with E-state index in [1.165, 1.54) is 24.3 Å². The largest absolute Gasteiger partial charge is 0.347 e. The van der Waals surface area contributed by atoms with Gasteiger partial charge in [0.25, 0.3) is 0 Å². The van der Waals surface area contributed by atoms with Gasteiger partial charge in [-0.3, -0.25) is 0 Å². The second-order valence-electron chi connectivity index (χ2n) is 4.20. The molecule has 2 aromatic rings. The summed E-state index contributed by atoms with van der Waals surface area (Å²) in [7, 11) is -3.51. The van der Waals surface area contributed by atoms with E-state index in [-0.39, 0.29) is 5.75 Å². The number of aromatic amines is 1. The van der Waals surface area contributed by atoms with Gasteiger partial charge in [-0.1, -0.05) is 12.1 Å². The Morgan fingerprint density at radius 1 is 1.37 bits per heavy atom. The number of hydrogen-bond donors (Lipinski definition) is 2. The van der Waals surface area contributed by atoms with Crippen molar-refractivity contribution in [3.8, 4) is 0 Å². The lowest BCUT2D eigenvalue weighted by molar-refractivity contribution is 0.560. The lowest BCUT2D eigenvalue weighted by atomic mass is 10.2. The van der Waals surface area contributed by atoms with Crippen LogP contribution in [0.3, 0.4) is 0 Å². The Balaban J connectivity index is 2.04. The van der Waals surface area contributed by atoms with Crippen molar-refractivity contribution in [2.24, 2.45) is 0 Å². The first-order valence-electron chi connectivity index (χ1n) is 5.70. The molecule has 5 nitrogen and oxygen atoms in total. The van der Waals surface area contributed by atoms with Crippen LogP contribution in [0.1, 0.15) is 24.4 Å². The Hall–Kier alpha value is -1.73. The number of hydrogen-bond acceptors (Lipinski definition) is 3. The van der Waals surface area contributed by atoms with Crippen molar-refractivity contribution in [1.29, 1.82) is 0 Å². The topological polar surface area (TPSA) is 74.8 Å². The monoisotopic (exact) mass is 283 g/mol. The number of halogens is 1. The average Bonchev–Trinajstić information content (AvgIpc) is 2.85. The fourth-order valence-electron chi connectivity index (χ4n) is 1.68. The lowest BCUT2D eigenvalue weighted by Crippen LogP contribution is -2.28. The molecule has 0 spiro atoms. The van der Waals surface area contributed by atoms with Gasteiger partial charge in [0.05, 0.1) is 11.8 Å². The zero-order valence-electron chi connectivity index (χ0n) is 10.3. The van der Waals surface area contributed by atoms with Crippen molar-refractivity contribution in [3.05, 3.63) is 53.9 Å². The third-order valence-corrected chi connectivity index (χ3v) is 3.98. The molecule has 2 rings (SSSR count). The molecule has 2 N–H and O–H groups in total. The Bertz CT molecular complexity index is 624. The Labute approximate surface area is 110 Å². The van der Waals surface area contributed by atoms with Crippen molar-refractivity contribution in [2.45, 2.75) is 18.7 Å². The summed E-state index contributed by atoms with van der Waals surface area (Å²) in [6, 6.07) is 4.93. The van der Waals surface area contributed by atoms with E-state index >= 15 is 0 Å². The molecular formula is C12H14FN3O2S. The molecule has 0 fully saturated rings. The van der Waals surface area contributed by atoms with E-state index in [4.69, 9.17) is 0 Å². The third-order valence-electron chi connectivity index (χ3n) is 2.56. The van der Waals surface area contributed by atoms with Gasteiger partial charge < -0.3 is 4.98 Å². The molecule has 0 aliphatic rings. The summed E-state index contributed by atoms with van der Waals surface area (Å²) in [6.07, 6.45) is 3.18. The van der Waals surface area contributed by atoms with E-state index in [2.05, 4.69) is 14.7 Å². The summed E-state index contributed by atoms with van der Waals surface area (Å²) in [5.41, 5.74) is 0.528. The van der Waals surface area contributed by atoms with Crippen molar-refractivity contribution in [2.75, 3.05) is 0 Å². The van der Waals surface area contributed by atoms with Gasteiger partial charge in [-0.05, 0) is 24.6 Å². The summed E-state index contributed by atoms with van der Waals surface area (Å²) < 4.78 is 39.1. The van der Waals surface area contributed by atoms with Crippen LogP contribution in [0.2, 0.25) is 0 Å². The molecule has 19 heavy (non-hydrogen) atoms. The van der Waals surface area contributed by atoms with Crippen LogP contribution in [0.4, 0.5) is 4.39 Å². The number of nitrogens with one attached hydrogen (secondary N) is 2. The van der Waals surface area contributed by atoms with Crippen LogP contribution >= 0.6 is 0 Å². The van der Waals surface area contributed by atoms with Crippen LogP contribution in [-0.4, -0.2) is 18.4 Å². The van der Waals surface area contributed by atoms with Crippen LogP contribution in [0.5, 0.6) is 0 Å². The molecule has 0 saturated carbocycles. The number of H-pyrrole nitrogens is 1. The van der Waals surface area contributed by atoms with E-state index in [0.717, 1.165) is 0 Å². The molecule has 0 saturated heterocycles. The van der Waals surface area contributed by atoms with Crippen LogP contribution in [0, 0.1) is 5.82 Å². The highest BCUT2D eigenvalue weighted by Gasteiger charge is 2.17. The number of aromatic nitrogens is 2. The minimum atomic E-state index is -3.51. The standard InChI is InChI=1S/C12H14FN3O2S/c1-9(12-14-6-7-15-12)16-19(17,18)8-10-2-4-11(13)5-3-10/h2-7,9,16H,8H2,1H3,(H,14,15). The molecule has 1 atom stereocenters. The first kappa shape index (κ1) is 13.7. The van der Waals surface area contributed by atoms with E-state index in [1.807, 2.05) is 0 Å². The van der Waals surface area contributed by atoms with Crippen molar-refractivity contribution >= 4 is 10.0 Å². The first-order valence-corrected chi connectivity index (χ1v) is 7.35. The molecule has 102 valence electrons. The van der Waals surface area contributed by atoms with E-state index in [1.54, 1.807) is 19.3 Å². The van der Waals surface area contributed by atoms with Crippen molar-refractivity contribution in [1.82, 2.24) is 14.7 Å². The quantitative estimate of drug-likeness (QED) is 0.877. The smallest absolute Gasteiger partial charge is 0.216 e. The van der Waals surface area contributed by atoms with Crippen molar-refractivity contribution in [3.63, 3.8) is 0 Å². The maximum atomic E-state index is 12.7. The molecule has 1 heterocycles. The van der Waals surface area contributed by atoms with Gasteiger partial charge in [-0.25, -0.2) is 22.5 Å². The normalized spacial score (nSPS) is 13.4. The van der Waals surface area contributed by atoms with Gasteiger partial charge >= 0.3 is 0 Å². The molecule has 1 unspecified atom stereocenters. The lowest BCUT2D eigenvalue weighted by Gasteiger charge is -2.12. The highest BCUT2D eigenvalue weighted by molar-refractivity contribution is 7.88. The molecule has 0 bridgehead atoms. The van der Waals surface area contributed by atoms with Crippen LogP contribution in [-0.2, 0) is 15.8 Å². The summed E-state index contributed by atoms with van der Waals surface area (Å²) >= 11 is 0. The van der Waals surface area contributed by atoms with Gasteiger partial charge in [0.2, 0.25) is 10.0 Å². The first-order chi connectivity index (χ1) is 8.96. The molecular weight excluding hydrogens is 269 g/mol. The number of imidazole rings is 1. The summed E-state index contributed by atoms with van der Waals surface area (Å²) in [5.74, 6) is -0.0426. The number of benzene rings is 1. The highest BCUT2D eigenvalue weighted by atomic mass is 32.2. The molecule has 0 amide bonds. The maximum Gasteiger partial charge on any atom is 0.216 e. The molecule has 1 aromatic carbocycles. The zero-order valence-corrected chi connectivity index (χ0v) is 11.1. The highest BCUT2D eigenvalue weighted by Crippen LogP contribution is 2.11. The minimum Gasteiger partial charge on any atom is -0.347 e. The van der Waals surface area contributed by atoms with Gasteiger partial charge in [0.1, 0.15) is 11.6 Å². The van der Waals surface area contributed by atoms with E-state index < -0.39 is 21.9 Å². The molecule has 0 radical (unpaired) electrons. The van der Waals surface area contributed by atoms with Gasteiger partial charge in [0.15, 0.2) is 0 Å². The molecule has 0 aliphatic heterocycles. The van der Waals surface area contributed by atoms with Crippen LogP contribution < -0.4 is 4.72 Å². The summed E-state index contributed by atoms with van der Waals surface area (Å²) in [5, 5.41) is 0. The van der Waals surface area contributed by atoms with Gasteiger partial charge in [-0.2, -0.15) is 0 Å². The molecule has 7 heteroatoms. The Morgan fingerprint density at radius 3 is 2.63 bits per heavy atom. The van der Waals surface area contributed by atoms with Crippen molar-refractivity contribution < 1.29 is 12.8 Å². The number of rotatable bonds is 5. The second kappa shape index (κ2) is 5.50. The zero-order chi connectivity index (χ0) is 13.9. The fourth-order valence-corrected chi connectivity index (χ4v) is 3.05. The number of nitrogens with zero attached hydrogens (tertiary/aromatic N) is 1. The van der Waals surface area contributed by atoms with Crippen LogP contribution in [0.15, 0.2) is 36.7 Å². The summed E-state index contributed by atoms with van der Waals surface area (Å²) in [4.78, 5) is 6.83. The van der Waals surface area contributed by atoms with Crippen LogP contribution in [0.25, 0.3) is 0 Å². The van der Waals surface area contributed by atoms with Gasteiger partial charge in [0, 0.05) is 12.4 Å². The average molecular weight is 283 g/mol. The Morgan fingerprint density at radius 2 is 2.05 bits per heavy atom. The maximum absolute atomic E-state index is 12.7. The predicted molar refractivity (Wildman–Crippen MR) is 69.2 cm³/mol. The van der Waals surface area contributed by atoms with Gasteiger partial charge in [-0.15, -0.1) is 0 Å². The predicted octanol–water partition coefficient (Wildman–Crippen LogP) is 1.73. The summed E-state index contributed by atoms with van der Waals surface area (Å²) in [6.45, 7) is 1.70. The van der Waals surface area contributed by atoms with E-state index in [9.17, 15) is 12.8 Å². The molecule has 0 aliphatic carbocycles. The third kappa shape index (κ3) is 3.87. The fraction of sp³-hybridized carbons (Fsp3) is 0.250. The SMILES string of the molecule is CC(NS(=O)(=O)Cc1ccc(F)cc1)c1ncc[nH]1. The number of sulfonamides is 1. The molecule has 1 aromatic heterocycles. The Kier molecular flexibility index (Phi) is 3.96. The second-order valence-corrected chi connectivity index (χ2v) is 5.95. The minimum absolute atomic E-state index is 0.196.